The standard InChI is InChI=1S/C14H20FN/c1-11(13-8-4-5-9-14(13)15)16-10-12-6-2-3-7-12/h4-5,8-9,11-12,16H,2-3,6-7,10H2,1H3/t11-/m1/s1. The van der Waals surface area contributed by atoms with Gasteiger partial charge in [-0.25, -0.2) is 4.39 Å². The third-order valence-electron chi connectivity index (χ3n) is 3.56. The minimum absolute atomic E-state index is 0.103. The fourth-order valence-corrected chi connectivity index (χ4v) is 2.49. The second-order valence-corrected chi connectivity index (χ2v) is 4.80. The Labute approximate surface area is 97.1 Å². The monoisotopic (exact) mass is 221 g/mol. The summed E-state index contributed by atoms with van der Waals surface area (Å²) in [4.78, 5) is 0. The molecule has 1 N–H and O–H groups in total. The van der Waals surface area contributed by atoms with Crippen molar-refractivity contribution in [2.75, 3.05) is 6.54 Å². The highest BCUT2D eigenvalue weighted by Crippen LogP contribution is 2.25. The van der Waals surface area contributed by atoms with Crippen LogP contribution in [0.25, 0.3) is 0 Å². The molecule has 1 nitrogen and oxygen atoms in total. The first kappa shape index (κ1) is 11.6. The molecule has 1 atom stereocenters. The number of nitrogens with one attached hydrogen (secondary N) is 1. The number of hydrogen-bond donors (Lipinski definition) is 1. The summed E-state index contributed by atoms with van der Waals surface area (Å²) >= 11 is 0. The van der Waals surface area contributed by atoms with Crippen LogP contribution in [-0.4, -0.2) is 6.54 Å². The van der Waals surface area contributed by atoms with E-state index in [4.69, 9.17) is 0 Å². The van der Waals surface area contributed by atoms with Gasteiger partial charge < -0.3 is 5.32 Å². The number of rotatable bonds is 4. The lowest BCUT2D eigenvalue weighted by Gasteiger charge is -2.17. The molecule has 0 radical (unpaired) electrons. The largest absolute Gasteiger partial charge is 0.310 e. The molecular formula is C14H20FN. The summed E-state index contributed by atoms with van der Waals surface area (Å²) in [6, 6.07) is 7.14. The van der Waals surface area contributed by atoms with E-state index < -0.39 is 0 Å². The molecule has 0 aliphatic heterocycles. The summed E-state index contributed by atoms with van der Waals surface area (Å²) in [6.45, 7) is 3.06. The normalized spacial score (nSPS) is 18.9. The SMILES string of the molecule is C[C@@H](NCC1CCCC1)c1ccccc1F. The zero-order valence-electron chi connectivity index (χ0n) is 9.88. The zero-order chi connectivity index (χ0) is 11.4. The van der Waals surface area contributed by atoms with Gasteiger partial charge in [0.2, 0.25) is 0 Å². The van der Waals surface area contributed by atoms with Crippen molar-refractivity contribution in [2.45, 2.75) is 38.6 Å². The molecule has 1 fully saturated rings. The predicted molar refractivity (Wildman–Crippen MR) is 64.8 cm³/mol. The summed E-state index contributed by atoms with van der Waals surface area (Å²) < 4.78 is 13.5. The molecule has 0 aromatic heterocycles. The number of halogens is 1. The van der Waals surface area contributed by atoms with E-state index in [1.165, 1.54) is 31.7 Å². The van der Waals surface area contributed by atoms with E-state index in [2.05, 4.69) is 5.32 Å². The Hall–Kier alpha value is -0.890. The van der Waals surface area contributed by atoms with E-state index in [1.807, 2.05) is 19.1 Å². The lowest BCUT2D eigenvalue weighted by molar-refractivity contribution is 0.443. The van der Waals surface area contributed by atoms with Crippen molar-refractivity contribution in [3.05, 3.63) is 35.6 Å². The Morgan fingerprint density at radius 1 is 1.31 bits per heavy atom. The van der Waals surface area contributed by atoms with Gasteiger partial charge in [0.15, 0.2) is 0 Å². The molecular weight excluding hydrogens is 201 g/mol. The molecule has 0 amide bonds. The van der Waals surface area contributed by atoms with Crippen LogP contribution in [0.1, 0.15) is 44.2 Å². The van der Waals surface area contributed by atoms with Crippen LogP contribution in [0, 0.1) is 11.7 Å². The van der Waals surface area contributed by atoms with Crippen LogP contribution in [0.3, 0.4) is 0 Å². The van der Waals surface area contributed by atoms with Gasteiger partial charge in [0.1, 0.15) is 5.82 Å². The molecule has 2 rings (SSSR count). The predicted octanol–water partition coefficient (Wildman–Crippen LogP) is 3.67. The van der Waals surface area contributed by atoms with Crippen LogP contribution < -0.4 is 5.32 Å². The third kappa shape index (κ3) is 2.82. The summed E-state index contributed by atoms with van der Waals surface area (Å²) in [5.74, 6) is 0.697. The van der Waals surface area contributed by atoms with Crippen molar-refractivity contribution in [2.24, 2.45) is 5.92 Å². The molecule has 0 bridgehead atoms. The molecule has 0 spiro atoms. The second-order valence-electron chi connectivity index (χ2n) is 4.80. The Kier molecular flexibility index (Phi) is 3.94. The topological polar surface area (TPSA) is 12.0 Å². The van der Waals surface area contributed by atoms with Crippen molar-refractivity contribution >= 4 is 0 Å². The zero-order valence-corrected chi connectivity index (χ0v) is 9.88. The van der Waals surface area contributed by atoms with Gasteiger partial charge in [-0.1, -0.05) is 31.0 Å². The first-order valence-electron chi connectivity index (χ1n) is 6.25. The van der Waals surface area contributed by atoms with Crippen LogP contribution in [0.15, 0.2) is 24.3 Å². The summed E-state index contributed by atoms with van der Waals surface area (Å²) in [6.07, 6.45) is 5.38. The van der Waals surface area contributed by atoms with Gasteiger partial charge in [0.25, 0.3) is 0 Å². The molecule has 1 aromatic carbocycles. The van der Waals surface area contributed by atoms with E-state index in [1.54, 1.807) is 6.07 Å². The van der Waals surface area contributed by atoms with Gasteiger partial charge in [-0.15, -0.1) is 0 Å². The first-order valence-corrected chi connectivity index (χ1v) is 6.25. The average Bonchev–Trinajstić information content (AvgIpc) is 2.79. The Morgan fingerprint density at radius 2 is 2.00 bits per heavy atom. The summed E-state index contributed by atoms with van der Waals surface area (Å²) in [7, 11) is 0. The minimum Gasteiger partial charge on any atom is -0.310 e. The smallest absolute Gasteiger partial charge is 0.127 e. The van der Waals surface area contributed by atoms with Gasteiger partial charge in [-0.2, -0.15) is 0 Å². The van der Waals surface area contributed by atoms with E-state index in [0.717, 1.165) is 18.0 Å². The van der Waals surface area contributed by atoms with Crippen molar-refractivity contribution < 1.29 is 4.39 Å². The van der Waals surface area contributed by atoms with Crippen LogP contribution >= 0.6 is 0 Å². The van der Waals surface area contributed by atoms with Crippen molar-refractivity contribution in [1.82, 2.24) is 5.32 Å². The quantitative estimate of drug-likeness (QED) is 0.818. The van der Waals surface area contributed by atoms with Crippen LogP contribution in [0.4, 0.5) is 4.39 Å². The fourth-order valence-electron chi connectivity index (χ4n) is 2.49. The Morgan fingerprint density at radius 3 is 2.69 bits per heavy atom. The molecule has 0 unspecified atom stereocenters. The number of benzene rings is 1. The fraction of sp³-hybridized carbons (Fsp3) is 0.571. The Bertz CT molecular complexity index is 331. The lowest BCUT2D eigenvalue weighted by Crippen LogP contribution is -2.25. The van der Waals surface area contributed by atoms with E-state index in [9.17, 15) is 4.39 Å². The maximum atomic E-state index is 13.5. The van der Waals surface area contributed by atoms with Gasteiger partial charge >= 0.3 is 0 Å². The molecule has 1 saturated carbocycles. The molecule has 88 valence electrons. The molecule has 1 aliphatic carbocycles. The maximum Gasteiger partial charge on any atom is 0.127 e. The van der Waals surface area contributed by atoms with E-state index in [0.29, 0.717) is 0 Å². The molecule has 16 heavy (non-hydrogen) atoms. The minimum atomic E-state index is -0.103. The number of hydrogen-bond acceptors (Lipinski definition) is 1. The Balaban J connectivity index is 1.87. The lowest BCUT2D eigenvalue weighted by atomic mass is 10.1. The highest BCUT2D eigenvalue weighted by atomic mass is 19.1. The van der Waals surface area contributed by atoms with Crippen LogP contribution in [0.2, 0.25) is 0 Å². The molecule has 1 aromatic rings. The third-order valence-corrected chi connectivity index (χ3v) is 3.56. The van der Waals surface area contributed by atoms with E-state index in [-0.39, 0.29) is 11.9 Å². The summed E-state index contributed by atoms with van der Waals surface area (Å²) in [5, 5.41) is 3.44. The maximum absolute atomic E-state index is 13.5. The average molecular weight is 221 g/mol. The van der Waals surface area contributed by atoms with Gasteiger partial charge in [-0.3, -0.25) is 0 Å². The highest BCUT2D eigenvalue weighted by molar-refractivity contribution is 5.20. The molecule has 0 saturated heterocycles. The van der Waals surface area contributed by atoms with Crippen molar-refractivity contribution in [3.63, 3.8) is 0 Å². The van der Waals surface area contributed by atoms with Gasteiger partial charge in [0.05, 0.1) is 0 Å². The first-order chi connectivity index (χ1) is 7.77. The van der Waals surface area contributed by atoms with Crippen LogP contribution in [0.5, 0.6) is 0 Å². The van der Waals surface area contributed by atoms with Crippen LogP contribution in [-0.2, 0) is 0 Å². The highest BCUT2D eigenvalue weighted by Gasteiger charge is 2.16. The molecule has 1 aliphatic rings. The van der Waals surface area contributed by atoms with E-state index >= 15 is 0 Å². The second kappa shape index (κ2) is 5.44. The summed E-state index contributed by atoms with van der Waals surface area (Å²) in [5.41, 5.74) is 0.778. The van der Waals surface area contributed by atoms with Gasteiger partial charge in [-0.05, 0) is 38.3 Å². The van der Waals surface area contributed by atoms with Gasteiger partial charge in [0, 0.05) is 11.6 Å². The van der Waals surface area contributed by atoms with Crippen molar-refractivity contribution in [1.29, 1.82) is 0 Å². The molecule has 2 heteroatoms. The molecule has 0 heterocycles. The van der Waals surface area contributed by atoms with Crippen molar-refractivity contribution in [3.8, 4) is 0 Å².